The number of nitrogens with one attached hydrogen (secondary N) is 1. The average Bonchev–Trinajstić information content (AvgIpc) is 2.34. The van der Waals surface area contributed by atoms with E-state index in [0.29, 0.717) is 0 Å². The number of amides is 1. The molecule has 0 aromatic carbocycles. The Morgan fingerprint density at radius 3 is 2.47 bits per heavy atom. The Labute approximate surface area is 104 Å². The summed E-state index contributed by atoms with van der Waals surface area (Å²) >= 11 is 0. The minimum Gasteiger partial charge on any atom is -0.356 e. The van der Waals surface area contributed by atoms with Crippen molar-refractivity contribution in [2.45, 2.75) is 38.5 Å². The Morgan fingerprint density at radius 2 is 1.82 bits per heavy atom. The molecule has 0 spiro atoms. The first kappa shape index (κ1) is 14.4. The summed E-state index contributed by atoms with van der Waals surface area (Å²) in [6, 6.07) is 0. The number of carbonyl (C=O) groups is 1. The van der Waals surface area contributed by atoms with Gasteiger partial charge in [-0.05, 0) is 32.2 Å². The van der Waals surface area contributed by atoms with E-state index in [0.717, 1.165) is 64.7 Å². The fourth-order valence-electron chi connectivity index (χ4n) is 2.14. The van der Waals surface area contributed by atoms with E-state index in [1.54, 1.807) is 5.01 Å². The van der Waals surface area contributed by atoms with Crippen molar-refractivity contribution in [1.29, 1.82) is 0 Å². The van der Waals surface area contributed by atoms with Crippen molar-refractivity contribution in [3.8, 4) is 0 Å². The first-order valence-electron chi connectivity index (χ1n) is 6.71. The van der Waals surface area contributed by atoms with E-state index in [1.165, 1.54) is 0 Å². The number of piperidine rings is 1. The minimum atomic E-state index is 0.166. The van der Waals surface area contributed by atoms with Crippen LogP contribution >= 0.6 is 0 Å². The minimum absolute atomic E-state index is 0.166. The summed E-state index contributed by atoms with van der Waals surface area (Å²) in [6.07, 6.45) is 6.23. The van der Waals surface area contributed by atoms with Crippen LogP contribution in [-0.2, 0) is 4.79 Å². The van der Waals surface area contributed by atoms with Gasteiger partial charge in [-0.25, -0.2) is 5.01 Å². The highest BCUT2D eigenvalue weighted by Crippen LogP contribution is 2.14. The maximum atomic E-state index is 11.8. The largest absolute Gasteiger partial charge is 0.356 e. The number of nitrogens with zero attached hydrogens (tertiary/aromatic N) is 1. The normalized spacial score (nSPS) is 18.2. The zero-order chi connectivity index (χ0) is 12.5. The summed E-state index contributed by atoms with van der Waals surface area (Å²) in [4.78, 5) is 11.8. The third-order valence-electron chi connectivity index (χ3n) is 3.33. The Balaban J connectivity index is 2.01. The van der Waals surface area contributed by atoms with Gasteiger partial charge in [0.25, 0.3) is 0 Å². The fourth-order valence-corrected chi connectivity index (χ4v) is 2.14. The van der Waals surface area contributed by atoms with Crippen LogP contribution in [0.2, 0.25) is 0 Å². The number of hydrogen-bond acceptors (Lipinski definition) is 4. The van der Waals surface area contributed by atoms with Gasteiger partial charge < -0.3 is 11.1 Å². The molecule has 1 saturated heterocycles. The van der Waals surface area contributed by atoms with Gasteiger partial charge in [-0.15, -0.1) is 0 Å². The van der Waals surface area contributed by atoms with E-state index >= 15 is 0 Å². The molecule has 5 heteroatoms. The Bertz CT molecular complexity index is 215. The Morgan fingerprint density at radius 1 is 1.18 bits per heavy atom. The second kappa shape index (κ2) is 8.44. The van der Waals surface area contributed by atoms with Crippen LogP contribution in [0.3, 0.4) is 0 Å². The number of rotatable bonds is 7. The standard InChI is InChI=1S/C12H26N4O/c13-7-3-1-2-4-8-15-12(17)11-5-9-16(14)10-6-11/h11H,1-10,13-14H2,(H,15,17). The van der Waals surface area contributed by atoms with Crippen LogP contribution in [0, 0.1) is 5.92 Å². The summed E-state index contributed by atoms with van der Waals surface area (Å²) in [7, 11) is 0. The van der Waals surface area contributed by atoms with Crippen molar-refractivity contribution >= 4 is 5.91 Å². The average molecular weight is 242 g/mol. The van der Waals surface area contributed by atoms with Crippen LogP contribution < -0.4 is 16.9 Å². The molecule has 1 amide bonds. The Hall–Kier alpha value is -0.650. The smallest absolute Gasteiger partial charge is 0.223 e. The molecule has 0 saturated carbocycles. The molecule has 17 heavy (non-hydrogen) atoms. The van der Waals surface area contributed by atoms with Crippen molar-refractivity contribution in [1.82, 2.24) is 10.3 Å². The first-order valence-corrected chi connectivity index (χ1v) is 6.71. The molecule has 0 unspecified atom stereocenters. The maximum Gasteiger partial charge on any atom is 0.223 e. The van der Waals surface area contributed by atoms with Gasteiger partial charge in [0.1, 0.15) is 0 Å². The molecular formula is C12H26N4O. The highest BCUT2D eigenvalue weighted by Gasteiger charge is 2.22. The molecule has 1 aliphatic heterocycles. The number of nitrogens with two attached hydrogens (primary N) is 2. The molecule has 100 valence electrons. The molecule has 5 N–H and O–H groups in total. The van der Waals surface area contributed by atoms with Gasteiger partial charge in [-0.1, -0.05) is 12.8 Å². The van der Waals surface area contributed by atoms with E-state index < -0.39 is 0 Å². The summed E-state index contributed by atoms with van der Waals surface area (Å²) < 4.78 is 0. The van der Waals surface area contributed by atoms with Crippen LogP contribution in [0.15, 0.2) is 0 Å². The molecule has 0 bridgehead atoms. The number of hydrogen-bond donors (Lipinski definition) is 3. The van der Waals surface area contributed by atoms with Gasteiger partial charge in [0.15, 0.2) is 0 Å². The summed E-state index contributed by atoms with van der Waals surface area (Å²) in [5.74, 6) is 6.03. The van der Waals surface area contributed by atoms with E-state index in [2.05, 4.69) is 5.32 Å². The molecule has 1 rings (SSSR count). The fraction of sp³-hybridized carbons (Fsp3) is 0.917. The number of hydrazine groups is 1. The molecule has 1 fully saturated rings. The van der Waals surface area contributed by atoms with Crippen LogP contribution in [0.25, 0.3) is 0 Å². The summed E-state index contributed by atoms with van der Waals surface area (Å²) in [5.41, 5.74) is 5.42. The molecule has 0 radical (unpaired) electrons. The molecule has 1 aliphatic rings. The quantitative estimate of drug-likeness (QED) is 0.440. The zero-order valence-electron chi connectivity index (χ0n) is 10.7. The van der Waals surface area contributed by atoms with Gasteiger partial charge in [-0.2, -0.15) is 0 Å². The van der Waals surface area contributed by atoms with Crippen molar-refractivity contribution in [3.63, 3.8) is 0 Å². The highest BCUT2D eigenvalue weighted by molar-refractivity contribution is 5.78. The van der Waals surface area contributed by atoms with Crippen molar-refractivity contribution < 1.29 is 4.79 Å². The van der Waals surface area contributed by atoms with Crippen LogP contribution in [0.1, 0.15) is 38.5 Å². The molecule has 0 atom stereocenters. The van der Waals surface area contributed by atoms with Crippen molar-refractivity contribution in [3.05, 3.63) is 0 Å². The highest BCUT2D eigenvalue weighted by atomic mass is 16.1. The van der Waals surface area contributed by atoms with Gasteiger partial charge >= 0.3 is 0 Å². The molecule has 0 aliphatic carbocycles. The van der Waals surface area contributed by atoms with E-state index in [9.17, 15) is 4.79 Å². The van der Waals surface area contributed by atoms with E-state index in [-0.39, 0.29) is 11.8 Å². The van der Waals surface area contributed by atoms with E-state index in [1.807, 2.05) is 0 Å². The second-order valence-corrected chi connectivity index (χ2v) is 4.80. The molecule has 0 aromatic rings. The van der Waals surface area contributed by atoms with Crippen molar-refractivity contribution in [2.75, 3.05) is 26.2 Å². The first-order chi connectivity index (χ1) is 8.24. The molecular weight excluding hydrogens is 216 g/mol. The third-order valence-corrected chi connectivity index (χ3v) is 3.33. The van der Waals surface area contributed by atoms with Crippen LogP contribution in [0.5, 0.6) is 0 Å². The predicted molar refractivity (Wildman–Crippen MR) is 69.0 cm³/mol. The SMILES string of the molecule is NCCCCCCNC(=O)C1CCN(N)CC1. The van der Waals surface area contributed by atoms with E-state index in [4.69, 9.17) is 11.6 Å². The monoisotopic (exact) mass is 242 g/mol. The summed E-state index contributed by atoms with van der Waals surface area (Å²) in [5, 5.41) is 4.80. The predicted octanol–water partition coefficient (Wildman–Crippen LogP) is 0.207. The lowest BCUT2D eigenvalue weighted by Gasteiger charge is -2.27. The van der Waals surface area contributed by atoms with Gasteiger partial charge in [0, 0.05) is 25.6 Å². The van der Waals surface area contributed by atoms with Crippen LogP contribution in [-0.4, -0.2) is 37.1 Å². The number of unbranched alkanes of at least 4 members (excludes halogenated alkanes) is 3. The molecule has 1 heterocycles. The van der Waals surface area contributed by atoms with Crippen molar-refractivity contribution in [2.24, 2.45) is 17.5 Å². The number of carbonyl (C=O) groups excluding carboxylic acids is 1. The lowest BCUT2D eigenvalue weighted by Crippen LogP contribution is -2.43. The maximum absolute atomic E-state index is 11.8. The lowest BCUT2D eigenvalue weighted by molar-refractivity contribution is -0.126. The topological polar surface area (TPSA) is 84.4 Å². The molecule has 0 aromatic heterocycles. The lowest BCUT2D eigenvalue weighted by atomic mass is 9.97. The van der Waals surface area contributed by atoms with Gasteiger partial charge in [0.05, 0.1) is 0 Å². The van der Waals surface area contributed by atoms with Gasteiger partial charge in [-0.3, -0.25) is 10.6 Å². The van der Waals surface area contributed by atoms with Crippen LogP contribution in [0.4, 0.5) is 0 Å². The second-order valence-electron chi connectivity index (χ2n) is 4.80. The summed E-state index contributed by atoms with van der Waals surface area (Å²) in [6.45, 7) is 3.22. The zero-order valence-corrected chi connectivity index (χ0v) is 10.7. The molecule has 5 nitrogen and oxygen atoms in total. The third kappa shape index (κ3) is 6.00. The Kier molecular flexibility index (Phi) is 7.16. The van der Waals surface area contributed by atoms with Gasteiger partial charge in [0.2, 0.25) is 5.91 Å².